The van der Waals surface area contributed by atoms with Gasteiger partial charge in [-0.1, -0.05) is 12.8 Å². The number of rotatable bonds is 5. The maximum atomic E-state index is 11.9. The second-order valence-corrected chi connectivity index (χ2v) is 7.98. The average molecular weight is 331 g/mol. The minimum absolute atomic E-state index is 0.00858. The maximum absolute atomic E-state index is 11.9. The van der Waals surface area contributed by atoms with Crippen LogP contribution in [0.1, 0.15) is 24.8 Å². The predicted octanol–water partition coefficient (Wildman–Crippen LogP) is 2.26. The molecular formula is C14H15ClO5S. The molecule has 1 saturated carbocycles. The van der Waals surface area contributed by atoms with Gasteiger partial charge in [-0.3, -0.25) is 0 Å². The smallest absolute Gasteiger partial charge is 0.347 e. The molecule has 1 unspecified atom stereocenters. The molecule has 0 N–H and O–H groups in total. The zero-order valence-electron chi connectivity index (χ0n) is 11.2. The van der Waals surface area contributed by atoms with Crippen LogP contribution in [0, 0.1) is 5.92 Å². The second kappa shape index (κ2) is 5.50. The first-order chi connectivity index (χ1) is 9.93. The Labute approximate surface area is 127 Å². The third kappa shape index (κ3) is 3.49. The van der Waals surface area contributed by atoms with E-state index in [-0.39, 0.29) is 4.90 Å². The topological polar surface area (TPSA) is 69.7 Å². The van der Waals surface area contributed by atoms with E-state index in [0.717, 1.165) is 6.42 Å². The molecule has 1 aliphatic heterocycles. The molecule has 1 aromatic rings. The van der Waals surface area contributed by atoms with E-state index in [0.29, 0.717) is 30.3 Å². The van der Waals surface area contributed by atoms with Crippen molar-refractivity contribution in [2.75, 3.05) is 6.61 Å². The molecule has 0 radical (unpaired) electrons. The standard InChI is InChI=1S/C14H15ClO5S/c15-21(17,18)11-3-4-12-10(7-11)8-13(20-12)14(16)19-6-5-9-1-2-9/h3-4,7,9,13H,1-2,5-6,8H2. The highest BCUT2D eigenvalue weighted by Crippen LogP contribution is 2.33. The Kier molecular flexibility index (Phi) is 3.84. The lowest BCUT2D eigenvalue weighted by Crippen LogP contribution is -2.27. The molecule has 1 aromatic carbocycles. The second-order valence-electron chi connectivity index (χ2n) is 5.42. The Balaban J connectivity index is 1.62. The van der Waals surface area contributed by atoms with Gasteiger partial charge >= 0.3 is 5.97 Å². The number of hydrogen-bond donors (Lipinski definition) is 0. The van der Waals surface area contributed by atoms with Crippen LogP contribution < -0.4 is 4.74 Å². The average Bonchev–Trinajstić information content (AvgIpc) is 3.13. The molecule has 0 aromatic heterocycles. The Morgan fingerprint density at radius 2 is 2.14 bits per heavy atom. The summed E-state index contributed by atoms with van der Waals surface area (Å²) in [6.07, 6.45) is 2.95. The minimum atomic E-state index is -3.78. The van der Waals surface area contributed by atoms with E-state index in [9.17, 15) is 13.2 Å². The summed E-state index contributed by atoms with van der Waals surface area (Å²) in [5.41, 5.74) is 0.654. The number of esters is 1. The number of fused-ring (bicyclic) bond motifs is 1. The van der Waals surface area contributed by atoms with Gasteiger partial charge in [0.25, 0.3) is 9.05 Å². The summed E-state index contributed by atoms with van der Waals surface area (Å²) in [4.78, 5) is 11.9. The van der Waals surface area contributed by atoms with Gasteiger partial charge in [-0.15, -0.1) is 0 Å². The van der Waals surface area contributed by atoms with Crippen LogP contribution >= 0.6 is 10.7 Å². The summed E-state index contributed by atoms with van der Waals surface area (Å²) in [7, 11) is 1.52. The van der Waals surface area contributed by atoms with E-state index in [1.807, 2.05) is 0 Å². The summed E-state index contributed by atoms with van der Waals surface area (Å²) < 4.78 is 33.3. The van der Waals surface area contributed by atoms with E-state index in [4.69, 9.17) is 20.2 Å². The molecule has 5 nitrogen and oxygen atoms in total. The molecule has 0 amide bonds. The molecule has 3 rings (SSSR count). The fourth-order valence-corrected chi connectivity index (χ4v) is 3.14. The van der Waals surface area contributed by atoms with Gasteiger partial charge in [-0.2, -0.15) is 0 Å². The third-order valence-corrected chi connectivity index (χ3v) is 5.07. The first kappa shape index (κ1) is 14.7. The minimum Gasteiger partial charge on any atom is -0.478 e. The van der Waals surface area contributed by atoms with Gasteiger partial charge in [0.1, 0.15) is 5.75 Å². The molecule has 114 valence electrons. The summed E-state index contributed by atoms with van der Waals surface area (Å²) in [5, 5.41) is 0. The van der Waals surface area contributed by atoms with Crippen LogP contribution in [-0.2, 0) is 25.0 Å². The van der Waals surface area contributed by atoms with E-state index in [1.54, 1.807) is 0 Å². The highest BCUT2D eigenvalue weighted by Gasteiger charge is 2.32. The van der Waals surface area contributed by atoms with Gasteiger partial charge in [0.2, 0.25) is 0 Å². The SMILES string of the molecule is O=C(OCCC1CC1)C1Cc2cc(S(=O)(=O)Cl)ccc2O1. The normalized spacial score (nSPS) is 20.7. The fourth-order valence-electron chi connectivity index (χ4n) is 2.33. The highest BCUT2D eigenvalue weighted by molar-refractivity contribution is 8.13. The van der Waals surface area contributed by atoms with Crippen LogP contribution in [0.5, 0.6) is 5.75 Å². The highest BCUT2D eigenvalue weighted by atomic mass is 35.7. The Morgan fingerprint density at radius 1 is 1.38 bits per heavy atom. The molecule has 0 bridgehead atoms. The zero-order chi connectivity index (χ0) is 15.0. The van der Waals surface area contributed by atoms with Crippen LogP contribution in [0.25, 0.3) is 0 Å². The largest absolute Gasteiger partial charge is 0.478 e. The number of hydrogen-bond acceptors (Lipinski definition) is 5. The van der Waals surface area contributed by atoms with Crippen molar-refractivity contribution < 1.29 is 22.7 Å². The molecule has 1 aliphatic carbocycles. The fraction of sp³-hybridized carbons (Fsp3) is 0.500. The third-order valence-electron chi connectivity index (χ3n) is 3.72. The molecule has 0 saturated heterocycles. The molecule has 2 aliphatic rings. The molecule has 1 atom stereocenters. The first-order valence-corrected chi connectivity index (χ1v) is 9.15. The zero-order valence-corrected chi connectivity index (χ0v) is 12.8. The molecule has 1 fully saturated rings. The van der Waals surface area contributed by atoms with Crippen molar-refractivity contribution in [3.63, 3.8) is 0 Å². The predicted molar refractivity (Wildman–Crippen MR) is 75.9 cm³/mol. The van der Waals surface area contributed by atoms with Crippen molar-refractivity contribution in [1.29, 1.82) is 0 Å². The van der Waals surface area contributed by atoms with Gasteiger partial charge in [0.15, 0.2) is 6.10 Å². The molecule has 0 spiro atoms. The Hall–Kier alpha value is -1.27. The van der Waals surface area contributed by atoms with Gasteiger partial charge in [-0.05, 0) is 36.1 Å². The van der Waals surface area contributed by atoms with Crippen molar-refractivity contribution in [1.82, 2.24) is 0 Å². The molecule has 1 heterocycles. The summed E-state index contributed by atoms with van der Waals surface area (Å²) in [6, 6.07) is 4.32. The van der Waals surface area contributed by atoms with Crippen molar-refractivity contribution in [3.8, 4) is 5.75 Å². The van der Waals surface area contributed by atoms with E-state index >= 15 is 0 Å². The van der Waals surface area contributed by atoms with Gasteiger partial charge in [0, 0.05) is 17.1 Å². The number of benzene rings is 1. The van der Waals surface area contributed by atoms with E-state index in [2.05, 4.69) is 0 Å². The number of carbonyl (C=O) groups is 1. The van der Waals surface area contributed by atoms with Gasteiger partial charge in [-0.25, -0.2) is 13.2 Å². The van der Waals surface area contributed by atoms with Gasteiger partial charge < -0.3 is 9.47 Å². The van der Waals surface area contributed by atoms with Crippen LogP contribution in [0.15, 0.2) is 23.1 Å². The molecule has 7 heteroatoms. The monoisotopic (exact) mass is 330 g/mol. The van der Waals surface area contributed by atoms with E-state index in [1.165, 1.54) is 31.0 Å². The Bertz CT molecular complexity index is 666. The van der Waals surface area contributed by atoms with Crippen molar-refractivity contribution in [2.24, 2.45) is 5.92 Å². The summed E-state index contributed by atoms with van der Waals surface area (Å²) in [5.74, 6) is 0.807. The first-order valence-electron chi connectivity index (χ1n) is 6.84. The Morgan fingerprint density at radius 3 is 2.81 bits per heavy atom. The summed E-state index contributed by atoms with van der Waals surface area (Å²) >= 11 is 0. The van der Waals surface area contributed by atoms with Crippen LogP contribution in [0.4, 0.5) is 0 Å². The maximum Gasteiger partial charge on any atom is 0.347 e. The molecule has 21 heavy (non-hydrogen) atoms. The van der Waals surface area contributed by atoms with E-state index < -0.39 is 21.1 Å². The molecular weight excluding hydrogens is 316 g/mol. The lowest BCUT2D eigenvalue weighted by atomic mass is 10.1. The number of carbonyl (C=O) groups excluding carboxylic acids is 1. The van der Waals surface area contributed by atoms with Crippen LogP contribution in [0.3, 0.4) is 0 Å². The quantitative estimate of drug-likeness (QED) is 0.612. The van der Waals surface area contributed by atoms with Gasteiger partial charge in [0.05, 0.1) is 11.5 Å². The van der Waals surface area contributed by atoms with Crippen LogP contribution in [0.2, 0.25) is 0 Å². The lowest BCUT2D eigenvalue weighted by molar-refractivity contribution is -0.151. The van der Waals surface area contributed by atoms with Crippen LogP contribution in [-0.4, -0.2) is 27.1 Å². The number of halogens is 1. The van der Waals surface area contributed by atoms with Crippen molar-refractivity contribution in [2.45, 2.75) is 36.7 Å². The van der Waals surface area contributed by atoms with Crippen molar-refractivity contribution in [3.05, 3.63) is 23.8 Å². The summed E-state index contributed by atoms with van der Waals surface area (Å²) in [6.45, 7) is 0.418. The lowest BCUT2D eigenvalue weighted by Gasteiger charge is -2.10. The van der Waals surface area contributed by atoms with Crippen molar-refractivity contribution >= 4 is 25.7 Å². The number of ether oxygens (including phenoxy) is 2.